The Hall–Kier alpha value is -2.96. The van der Waals surface area contributed by atoms with Crippen LogP contribution < -0.4 is 4.90 Å². The van der Waals surface area contributed by atoms with Crippen LogP contribution in [0.5, 0.6) is 0 Å². The second-order valence-electron chi connectivity index (χ2n) is 13.3. The Balaban J connectivity index is 1.46. The minimum Gasteiger partial charge on any atom is -0.481 e. The van der Waals surface area contributed by atoms with Crippen LogP contribution in [0.25, 0.3) is 0 Å². The molecule has 2 N–H and O–H groups in total. The zero-order valence-electron chi connectivity index (χ0n) is 22.6. The van der Waals surface area contributed by atoms with Crippen molar-refractivity contribution in [2.75, 3.05) is 4.90 Å². The Bertz CT molecular complexity index is 1280. The van der Waals surface area contributed by atoms with E-state index in [1.807, 2.05) is 6.92 Å². The number of rotatable bonds is 4. The van der Waals surface area contributed by atoms with Crippen LogP contribution >= 0.6 is 0 Å². The molecule has 5 aliphatic carbocycles. The summed E-state index contributed by atoms with van der Waals surface area (Å²) < 4.78 is 0. The first kappa shape index (κ1) is 25.3. The lowest BCUT2D eigenvalue weighted by atomic mass is 9.34. The number of imide groups is 1. The fourth-order valence-corrected chi connectivity index (χ4v) is 9.97. The van der Waals surface area contributed by atoms with Crippen LogP contribution in [0.2, 0.25) is 0 Å². The van der Waals surface area contributed by atoms with Crippen molar-refractivity contribution in [1.82, 2.24) is 0 Å². The molecule has 1 heterocycles. The number of anilines is 1. The van der Waals surface area contributed by atoms with Gasteiger partial charge in [0.1, 0.15) is 0 Å². The second-order valence-corrected chi connectivity index (χ2v) is 13.3. The Labute approximate surface area is 223 Å². The first-order chi connectivity index (χ1) is 17.9. The Morgan fingerprint density at radius 2 is 1.66 bits per heavy atom. The molecule has 202 valence electrons. The van der Waals surface area contributed by atoms with Crippen molar-refractivity contribution in [3.05, 3.63) is 41.5 Å². The van der Waals surface area contributed by atoms with Gasteiger partial charge in [0.05, 0.1) is 28.5 Å². The number of amides is 2. The molecule has 7 heteroatoms. The van der Waals surface area contributed by atoms with Crippen LogP contribution in [0.4, 0.5) is 5.69 Å². The number of nitrogens with zero attached hydrogens (tertiary/aromatic N) is 1. The molecule has 0 unspecified atom stereocenters. The molecule has 6 aliphatic rings. The van der Waals surface area contributed by atoms with E-state index in [9.17, 15) is 29.4 Å². The molecule has 0 aromatic heterocycles. The number of carbonyl (C=O) groups excluding carboxylic acids is 2. The summed E-state index contributed by atoms with van der Waals surface area (Å²) in [7, 11) is 0. The minimum absolute atomic E-state index is 0.0393. The molecular weight excluding hydrogens is 482 g/mol. The summed E-state index contributed by atoms with van der Waals surface area (Å²) in [5, 5.41) is 19.6. The van der Waals surface area contributed by atoms with Crippen molar-refractivity contribution < 1.29 is 29.4 Å². The average Bonchev–Trinajstić information content (AvgIpc) is 3.15. The standard InChI is InChI=1S/C31H37NO6/c1-16(2)20-15-31-13-10-21-29(3,11-5-12-30(21,4)28(37)38)22(31)14-19(20)23-24(31)26(34)32(25(23)33)18-8-6-17(7-9-18)27(35)36/h6-9,15-16,19,21-24H,5,10-14H2,1-4H3,(H,35,36)(H,37,38)/t19-,21+,22+,23+,24+,29+,30-,31+/m1/s1. The van der Waals surface area contributed by atoms with E-state index in [0.29, 0.717) is 12.1 Å². The van der Waals surface area contributed by atoms with Gasteiger partial charge in [-0.1, -0.05) is 38.8 Å². The molecule has 0 radical (unpaired) electrons. The number of aromatic carboxylic acids is 1. The van der Waals surface area contributed by atoms with Gasteiger partial charge in [-0.05, 0) is 92.4 Å². The van der Waals surface area contributed by atoms with Gasteiger partial charge in [0.2, 0.25) is 11.8 Å². The molecule has 3 saturated carbocycles. The van der Waals surface area contributed by atoms with Crippen LogP contribution in [0.3, 0.4) is 0 Å². The van der Waals surface area contributed by atoms with Crippen molar-refractivity contribution in [3.8, 4) is 0 Å². The first-order valence-electron chi connectivity index (χ1n) is 14.0. The van der Waals surface area contributed by atoms with Gasteiger partial charge in [0, 0.05) is 5.41 Å². The maximum absolute atomic E-state index is 14.3. The van der Waals surface area contributed by atoms with E-state index in [1.54, 1.807) is 12.1 Å². The number of hydrogen-bond acceptors (Lipinski definition) is 4. The molecule has 2 amide bonds. The number of fused-ring (bicyclic) bond motifs is 1. The molecule has 8 atom stereocenters. The smallest absolute Gasteiger partial charge is 0.335 e. The van der Waals surface area contributed by atoms with E-state index < -0.39 is 34.6 Å². The molecule has 1 aromatic rings. The van der Waals surface area contributed by atoms with Crippen molar-refractivity contribution in [2.45, 2.75) is 66.2 Å². The number of carboxylic acids is 2. The number of hydrogen-bond donors (Lipinski definition) is 2. The maximum atomic E-state index is 14.3. The van der Waals surface area contributed by atoms with Gasteiger partial charge >= 0.3 is 11.9 Å². The Kier molecular flexibility index (Phi) is 5.35. The summed E-state index contributed by atoms with van der Waals surface area (Å²) >= 11 is 0. The molecule has 38 heavy (non-hydrogen) atoms. The quantitative estimate of drug-likeness (QED) is 0.407. The van der Waals surface area contributed by atoms with Crippen LogP contribution in [-0.2, 0) is 14.4 Å². The monoisotopic (exact) mass is 519 g/mol. The lowest BCUT2D eigenvalue weighted by Crippen LogP contribution is -2.65. The van der Waals surface area contributed by atoms with E-state index in [1.165, 1.54) is 22.6 Å². The summed E-state index contributed by atoms with van der Waals surface area (Å²) in [5.41, 5.74) is 0.343. The number of benzene rings is 1. The molecule has 7 rings (SSSR count). The third-order valence-electron chi connectivity index (χ3n) is 11.5. The highest BCUT2D eigenvalue weighted by Crippen LogP contribution is 2.74. The van der Waals surface area contributed by atoms with Crippen LogP contribution in [0.15, 0.2) is 35.9 Å². The van der Waals surface area contributed by atoms with E-state index in [0.717, 1.165) is 32.1 Å². The maximum Gasteiger partial charge on any atom is 0.335 e. The average molecular weight is 520 g/mol. The summed E-state index contributed by atoms with van der Waals surface area (Å²) in [6.45, 7) is 8.51. The SMILES string of the molecule is CC(C)C1=C[C@@]23CC[C@H]4[C@](C)(CCC[C@@]4(C)C(=O)O)[C@@H]2C[C@H]1[C@@H]1C(=O)N(c2ccc(C(=O)O)cc2)C(=O)[C@H]13. The predicted molar refractivity (Wildman–Crippen MR) is 140 cm³/mol. The van der Waals surface area contributed by atoms with Crippen LogP contribution in [-0.4, -0.2) is 34.0 Å². The second kappa shape index (κ2) is 8.03. The lowest BCUT2D eigenvalue weighted by molar-refractivity contribution is -0.194. The van der Waals surface area contributed by atoms with E-state index in [2.05, 4.69) is 26.8 Å². The number of aliphatic carboxylic acids is 1. The van der Waals surface area contributed by atoms with Gasteiger partial charge in [-0.15, -0.1) is 0 Å². The molecule has 7 nitrogen and oxygen atoms in total. The predicted octanol–water partition coefficient (Wildman–Crippen LogP) is 5.40. The zero-order chi connectivity index (χ0) is 27.4. The lowest BCUT2D eigenvalue weighted by Gasteiger charge is -2.68. The van der Waals surface area contributed by atoms with E-state index >= 15 is 0 Å². The van der Waals surface area contributed by atoms with Crippen molar-refractivity contribution >= 4 is 29.4 Å². The molecule has 1 aliphatic heterocycles. The van der Waals surface area contributed by atoms with Crippen molar-refractivity contribution in [2.24, 2.45) is 51.8 Å². The zero-order valence-corrected chi connectivity index (χ0v) is 22.6. The fraction of sp³-hybridized carbons (Fsp3) is 0.613. The Morgan fingerprint density at radius 3 is 2.26 bits per heavy atom. The number of carboxylic acid groups (broad SMARTS) is 2. The molecule has 1 aromatic carbocycles. The third kappa shape index (κ3) is 3.02. The van der Waals surface area contributed by atoms with E-state index in [-0.39, 0.29) is 46.5 Å². The Morgan fingerprint density at radius 1 is 0.974 bits per heavy atom. The highest BCUT2D eigenvalue weighted by molar-refractivity contribution is 6.23. The van der Waals surface area contributed by atoms with Crippen molar-refractivity contribution in [1.29, 1.82) is 0 Å². The fourth-order valence-electron chi connectivity index (χ4n) is 9.97. The van der Waals surface area contributed by atoms with Gasteiger partial charge in [-0.3, -0.25) is 19.3 Å². The van der Waals surface area contributed by atoms with Gasteiger partial charge in [-0.25, -0.2) is 4.79 Å². The largest absolute Gasteiger partial charge is 0.481 e. The van der Waals surface area contributed by atoms with E-state index in [4.69, 9.17) is 0 Å². The van der Waals surface area contributed by atoms with Crippen molar-refractivity contribution in [3.63, 3.8) is 0 Å². The molecule has 2 bridgehead atoms. The number of carbonyl (C=O) groups is 4. The summed E-state index contributed by atoms with van der Waals surface area (Å²) in [5.74, 6) is -2.62. The molecular formula is C31H37NO6. The highest BCUT2D eigenvalue weighted by atomic mass is 16.4. The molecule has 4 fully saturated rings. The summed E-state index contributed by atoms with van der Waals surface area (Å²) in [6.07, 6.45) is 7.13. The van der Waals surface area contributed by atoms with Gasteiger partial charge in [-0.2, -0.15) is 0 Å². The molecule has 1 spiro atoms. The third-order valence-corrected chi connectivity index (χ3v) is 11.5. The topological polar surface area (TPSA) is 112 Å². The normalized spacial score (nSPS) is 41.4. The summed E-state index contributed by atoms with van der Waals surface area (Å²) in [6, 6.07) is 5.99. The van der Waals surface area contributed by atoms with Crippen LogP contribution in [0.1, 0.15) is 76.6 Å². The number of allylic oxidation sites excluding steroid dienone is 2. The van der Waals surface area contributed by atoms with Gasteiger partial charge in [0.15, 0.2) is 0 Å². The van der Waals surface area contributed by atoms with Gasteiger partial charge in [0.25, 0.3) is 0 Å². The summed E-state index contributed by atoms with van der Waals surface area (Å²) in [4.78, 5) is 53.5. The van der Waals surface area contributed by atoms with Gasteiger partial charge < -0.3 is 10.2 Å². The van der Waals surface area contributed by atoms with Crippen LogP contribution in [0, 0.1) is 51.8 Å². The molecule has 1 saturated heterocycles. The minimum atomic E-state index is -1.05. The highest BCUT2D eigenvalue weighted by Gasteiger charge is 2.73. The first-order valence-corrected chi connectivity index (χ1v) is 14.0.